The second-order valence-corrected chi connectivity index (χ2v) is 8.13. The zero-order chi connectivity index (χ0) is 14.5. The molecule has 1 aromatic carbocycles. The highest BCUT2D eigenvalue weighted by Crippen LogP contribution is 2.25. The topological polar surface area (TPSA) is 6.48 Å². The van der Waals surface area contributed by atoms with Crippen LogP contribution in [0.5, 0.6) is 0 Å². The Kier molecular flexibility index (Phi) is 7.03. The van der Waals surface area contributed by atoms with Crippen LogP contribution >= 0.6 is 45.2 Å². The first-order chi connectivity index (χ1) is 9.58. The first-order valence-electron chi connectivity index (χ1n) is 7.45. The number of rotatable bonds is 5. The van der Waals surface area contributed by atoms with E-state index in [1.165, 1.54) is 51.6 Å². The summed E-state index contributed by atoms with van der Waals surface area (Å²) in [5.74, 6) is 0. The fraction of sp³-hybridized carbons (Fsp3) is 0.625. The van der Waals surface area contributed by atoms with E-state index in [4.69, 9.17) is 0 Å². The molecule has 2 nitrogen and oxygen atoms in total. The predicted octanol–water partition coefficient (Wildman–Crippen LogP) is 4.37. The number of nitrogens with zero attached hydrogens (tertiary/aromatic N) is 2. The standard InChI is InChI=1S/C16H24I2N2/c1-13(15-7-6-14(17)12-16(15)18)19(2)10-11-20-8-4-3-5-9-20/h6-7,12-13H,3-5,8-11H2,1-2H3. The van der Waals surface area contributed by atoms with Crippen LogP contribution in [0.2, 0.25) is 0 Å². The number of likely N-dealkylation sites (tertiary alicyclic amines) is 1. The number of likely N-dealkylation sites (N-methyl/N-ethyl adjacent to an activating group) is 1. The van der Waals surface area contributed by atoms with Crippen LogP contribution in [0.25, 0.3) is 0 Å². The van der Waals surface area contributed by atoms with Gasteiger partial charge in [0.1, 0.15) is 0 Å². The van der Waals surface area contributed by atoms with Crippen molar-refractivity contribution in [1.82, 2.24) is 9.80 Å². The Morgan fingerprint density at radius 1 is 1.20 bits per heavy atom. The van der Waals surface area contributed by atoms with Gasteiger partial charge in [-0.25, -0.2) is 0 Å². The molecule has 0 aliphatic carbocycles. The monoisotopic (exact) mass is 498 g/mol. The van der Waals surface area contributed by atoms with E-state index in [9.17, 15) is 0 Å². The normalized spacial score (nSPS) is 18.4. The summed E-state index contributed by atoms with van der Waals surface area (Å²) in [5.41, 5.74) is 1.45. The van der Waals surface area contributed by atoms with Crippen molar-refractivity contribution in [1.29, 1.82) is 0 Å². The Bertz CT molecular complexity index is 430. The predicted molar refractivity (Wildman–Crippen MR) is 103 cm³/mol. The van der Waals surface area contributed by atoms with Gasteiger partial charge in [0.15, 0.2) is 0 Å². The average Bonchev–Trinajstić information content (AvgIpc) is 2.45. The molecule has 0 N–H and O–H groups in total. The first-order valence-corrected chi connectivity index (χ1v) is 9.61. The largest absolute Gasteiger partial charge is 0.302 e. The van der Waals surface area contributed by atoms with E-state index >= 15 is 0 Å². The van der Waals surface area contributed by atoms with Crippen LogP contribution in [0.4, 0.5) is 0 Å². The molecular weight excluding hydrogens is 474 g/mol. The summed E-state index contributed by atoms with van der Waals surface area (Å²) < 4.78 is 2.70. The van der Waals surface area contributed by atoms with Crippen LogP contribution in [0.3, 0.4) is 0 Å². The van der Waals surface area contributed by atoms with Gasteiger partial charge >= 0.3 is 0 Å². The lowest BCUT2D eigenvalue weighted by atomic mass is 10.1. The fourth-order valence-corrected chi connectivity index (χ4v) is 4.81. The molecule has 1 fully saturated rings. The number of benzene rings is 1. The summed E-state index contributed by atoms with van der Waals surface area (Å²) in [6.45, 7) is 7.28. The quantitative estimate of drug-likeness (QED) is 0.557. The molecule has 1 aliphatic rings. The lowest BCUT2D eigenvalue weighted by molar-refractivity contribution is 0.176. The van der Waals surface area contributed by atoms with Crippen molar-refractivity contribution in [2.75, 3.05) is 33.2 Å². The lowest BCUT2D eigenvalue weighted by Crippen LogP contribution is -2.37. The molecular formula is C16H24I2N2. The maximum atomic E-state index is 2.62. The molecule has 0 amide bonds. The number of piperidine rings is 1. The van der Waals surface area contributed by atoms with E-state index in [0.717, 1.165) is 6.54 Å². The lowest BCUT2D eigenvalue weighted by Gasteiger charge is -2.31. The molecule has 2 rings (SSSR count). The average molecular weight is 498 g/mol. The van der Waals surface area contributed by atoms with E-state index in [-0.39, 0.29) is 0 Å². The van der Waals surface area contributed by atoms with E-state index in [1.54, 1.807) is 0 Å². The van der Waals surface area contributed by atoms with Gasteiger partial charge < -0.3 is 4.90 Å². The molecule has 0 bridgehead atoms. The van der Waals surface area contributed by atoms with Gasteiger partial charge in [0.2, 0.25) is 0 Å². The molecule has 1 saturated heterocycles. The summed E-state index contributed by atoms with van der Waals surface area (Å²) in [6, 6.07) is 7.26. The smallest absolute Gasteiger partial charge is 0.0327 e. The molecule has 20 heavy (non-hydrogen) atoms. The van der Waals surface area contributed by atoms with Gasteiger partial charge in [-0.2, -0.15) is 0 Å². The second kappa shape index (κ2) is 8.29. The van der Waals surface area contributed by atoms with Crippen molar-refractivity contribution in [3.63, 3.8) is 0 Å². The summed E-state index contributed by atoms with van der Waals surface area (Å²) in [6.07, 6.45) is 4.19. The molecule has 0 radical (unpaired) electrons. The van der Waals surface area contributed by atoms with Crippen LogP contribution in [-0.2, 0) is 0 Å². The van der Waals surface area contributed by atoms with Gasteiger partial charge in [-0.3, -0.25) is 4.90 Å². The molecule has 1 aromatic rings. The number of halogens is 2. The van der Waals surface area contributed by atoms with Crippen LogP contribution < -0.4 is 0 Å². The Morgan fingerprint density at radius 3 is 2.55 bits per heavy atom. The molecule has 4 heteroatoms. The zero-order valence-corrected chi connectivity index (χ0v) is 16.7. The summed E-state index contributed by atoms with van der Waals surface area (Å²) >= 11 is 4.85. The van der Waals surface area contributed by atoms with Crippen molar-refractivity contribution in [3.05, 3.63) is 30.9 Å². The Morgan fingerprint density at radius 2 is 1.90 bits per heavy atom. The zero-order valence-electron chi connectivity index (χ0n) is 12.4. The van der Waals surface area contributed by atoms with Gasteiger partial charge in [-0.1, -0.05) is 12.5 Å². The highest BCUT2D eigenvalue weighted by Gasteiger charge is 2.16. The maximum Gasteiger partial charge on any atom is 0.0327 e. The van der Waals surface area contributed by atoms with Crippen molar-refractivity contribution >= 4 is 45.2 Å². The number of hydrogen-bond donors (Lipinski definition) is 0. The first kappa shape index (κ1) is 17.0. The van der Waals surface area contributed by atoms with Gasteiger partial charge in [-0.15, -0.1) is 0 Å². The summed E-state index contributed by atoms with van der Waals surface area (Å²) in [7, 11) is 2.25. The minimum Gasteiger partial charge on any atom is -0.302 e. The van der Waals surface area contributed by atoms with Gasteiger partial charge in [-0.05, 0) is 103 Å². The molecule has 0 aromatic heterocycles. The van der Waals surface area contributed by atoms with Crippen molar-refractivity contribution in [3.8, 4) is 0 Å². The van der Waals surface area contributed by atoms with Crippen LogP contribution in [-0.4, -0.2) is 43.0 Å². The van der Waals surface area contributed by atoms with E-state index in [0.29, 0.717) is 6.04 Å². The summed E-state index contributed by atoms with van der Waals surface area (Å²) in [5, 5.41) is 0. The van der Waals surface area contributed by atoms with Crippen LogP contribution in [0.1, 0.15) is 37.8 Å². The summed E-state index contributed by atoms with van der Waals surface area (Å²) in [4.78, 5) is 5.10. The second-order valence-electron chi connectivity index (χ2n) is 5.72. The molecule has 1 unspecified atom stereocenters. The van der Waals surface area contributed by atoms with Crippen molar-refractivity contribution < 1.29 is 0 Å². The Balaban J connectivity index is 1.89. The highest BCUT2D eigenvalue weighted by atomic mass is 127. The third kappa shape index (κ3) is 4.81. The molecule has 1 heterocycles. The Hall–Kier alpha value is 0.600. The minimum atomic E-state index is 0.490. The van der Waals surface area contributed by atoms with Gasteiger partial charge in [0.25, 0.3) is 0 Å². The van der Waals surface area contributed by atoms with Gasteiger partial charge in [0.05, 0.1) is 0 Å². The van der Waals surface area contributed by atoms with E-state index < -0.39 is 0 Å². The minimum absolute atomic E-state index is 0.490. The molecule has 1 aliphatic heterocycles. The number of hydrogen-bond acceptors (Lipinski definition) is 2. The van der Waals surface area contributed by atoms with E-state index in [1.807, 2.05) is 0 Å². The van der Waals surface area contributed by atoms with Crippen molar-refractivity contribution in [2.24, 2.45) is 0 Å². The molecule has 1 atom stereocenters. The van der Waals surface area contributed by atoms with Crippen molar-refractivity contribution in [2.45, 2.75) is 32.2 Å². The molecule has 112 valence electrons. The third-order valence-electron chi connectivity index (χ3n) is 4.29. The maximum absolute atomic E-state index is 2.62. The SMILES string of the molecule is CC(c1ccc(I)cc1I)N(C)CCN1CCCCC1. The Labute approximate surface area is 150 Å². The molecule has 0 spiro atoms. The highest BCUT2D eigenvalue weighted by molar-refractivity contribution is 14.1. The van der Waals surface area contributed by atoms with E-state index in [2.05, 4.69) is 87.2 Å². The van der Waals surface area contributed by atoms with Crippen LogP contribution in [0, 0.1) is 7.14 Å². The van der Waals surface area contributed by atoms with Gasteiger partial charge in [0, 0.05) is 26.3 Å². The fourth-order valence-electron chi connectivity index (χ4n) is 2.75. The third-order valence-corrected chi connectivity index (χ3v) is 5.90. The molecule has 0 saturated carbocycles. The van der Waals surface area contributed by atoms with Crippen LogP contribution in [0.15, 0.2) is 18.2 Å².